The van der Waals surface area contributed by atoms with E-state index in [4.69, 9.17) is 9.66 Å². The van der Waals surface area contributed by atoms with Gasteiger partial charge >= 0.3 is 10.4 Å². The zero-order chi connectivity index (χ0) is 17.1. The maximum atomic E-state index is 10.6. The number of aliphatic hydroxyl groups excluding tert-OH is 6. The van der Waals surface area contributed by atoms with E-state index in [2.05, 4.69) is 4.18 Å². The molecule has 0 aromatic carbocycles. The molecule has 22 heavy (non-hydrogen) atoms. The van der Waals surface area contributed by atoms with E-state index < -0.39 is 66.0 Å². The summed E-state index contributed by atoms with van der Waals surface area (Å²) in [5.41, 5.74) is 0. The smallest absolute Gasteiger partial charge is 0.396 e. The van der Waals surface area contributed by atoms with E-state index in [9.17, 15) is 34.0 Å². The van der Waals surface area contributed by atoms with Gasteiger partial charge in [-0.3, -0.25) is 4.55 Å². The van der Waals surface area contributed by atoms with Gasteiger partial charge < -0.3 is 30.6 Å². The third-order valence-electron chi connectivity index (χ3n) is 3.94. The highest BCUT2D eigenvalue weighted by atomic mass is 32.3. The van der Waals surface area contributed by atoms with Crippen molar-refractivity contribution in [3.05, 3.63) is 0 Å². The molecule has 7 N–H and O–H groups in total. The SMILES string of the molecule is O=S(=O)(O)OC(CO)C(O)C(O)CC1C[C@@H](O)[C@H](O)[C@H]1CO. The summed E-state index contributed by atoms with van der Waals surface area (Å²) in [6.07, 6.45) is -7.49. The Morgan fingerprint density at radius 2 is 1.77 bits per heavy atom. The molecule has 1 aliphatic carbocycles. The first kappa shape index (κ1) is 19.7. The van der Waals surface area contributed by atoms with Crippen LogP contribution in [0.1, 0.15) is 12.8 Å². The Morgan fingerprint density at radius 1 is 1.18 bits per heavy atom. The Labute approximate surface area is 127 Å². The number of hydrogen-bond acceptors (Lipinski definition) is 9. The molecule has 4 unspecified atom stereocenters. The van der Waals surface area contributed by atoms with Crippen molar-refractivity contribution in [3.8, 4) is 0 Å². The van der Waals surface area contributed by atoms with Gasteiger partial charge in [-0.1, -0.05) is 0 Å². The van der Waals surface area contributed by atoms with Crippen LogP contribution in [-0.4, -0.2) is 87.3 Å². The van der Waals surface area contributed by atoms with Crippen LogP contribution in [0.15, 0.2) is 0 Å². The average Bonchev–Trinajstić information content (AvgIpc) is 2.68. The Bertz CT molecular complexity index is 440. The van der Waals surface area contributed by atoms with Crippen molar-refractivity contribution in [2.75, 3.05) is 13.2 Å². The molecule has 0 radical (unpaired) electrons. The van der Waals surface area contributed by atoms with Crippen LogP contribution >= 0.6 is 0 Å². The minimum atomic E-state index is -4.93. The summed E-state index contributed by atoms with van der Waals surface area (Å²) in [7, 11) is -4.93. The fraction of sp³-hybridized carbons (Fsp3) is 1.00. The minimum absolute atomic E-state index is 0.0825. The quantitative estimate of drug-likeness (QED) is 0.219. The fourth-order valence-electron chi connectivity index (χ4n) is 2.77. The van der Waals surface area contributed by atoms with Crippen molar-refractivity contribution in [1.29, 1.82) is 0 Å². The fourth-order valence-corrected chi connectivity index (χ4v) is 3.25. The second kappa shape index (κ2) is 7.95. The minimum Gasteiger partial charge on any atom is -0.396 e. The molecule has 0 amide bonds. The standard InChI is InChI=1S/C11H22O10S/c12-3-6-5(1-7(14)10(6)16)2-8(15)11(17)9(4-13)21-22(18,19)20/h5-17H,1-4H2,(H,18,19,20)/t5?,6-,7+,8?,9?,10+,11?/m0/s1. The molecule has 7 atom stereocenters. The Morgan fingerprint density at radius 3 is 2.23 bits per heavy atom. The molecule has 0 aliphatic heterocycles. The maximum Gasteiger partial charge on any atom is 0.397 e. The van der Waals surface area contributed by atoms with Crippen molar-refractivity contribution < 1.29 is 47.8 Å². The van der Waals surface area contributed by atoms with Crippen molar-refractivity contribution in [3.63, 3.8) is 0 Å². The van der Waals surface area contributed by atoms with E-state index in [0.717, 1.165) is 0 Å². The molecule has 10 nitrogen and oxygen atoms in total. The van der Waals surface area contributed by atoms with Gasteiger partial charge in [0.15, 0.2) is 0 Å². The first-order chi connectivity index (χ1) is 10.1. The first-order valence-electron chi connectivity index (χ1n) is 6.70. The van der Waals surface area contributed by atoms with Gasteiger partial charge in [-0.15, -0.1) is 0 Å². The zero-order valence-electron chi connectivity index (χ0n) is 11.6. The van der Waals surface area contributed by atoms with E-state index in [-0.39, 0.29) is 12.8 Å². The maximum absolute atomic E-state index is 10.6. The monoisotopic (exact) mass is 346 g/mol. The molecule has 0 bridgehead atoms. The van der Waals surface area contributed by atoms with Gasteiger partial charge in [0, 0.05) is 12.5 Å². The molecule has 1 saturated carbocycles. The van der Waals surface area contributed by atoms with E-state index >= 15 is 0 Å². The lowest BCUT2D eigenvalue weighted by Gasteiger charge is -2.27. The molecular weight excluding hydrogens is 324 g/mol. The van der Waals surface area contributed by atoms with E-state index in [1.807, 2.05) is 0 Å². The summed E-state index contributed by atoms with van der Waals surface area (Å²) in [5, 5.41) is 57.0. The number of rotatable bonds is 8. The number of hydrogen-bond donors (Lipinski definition) is 7. The van der Waals surface area contributed by atoms with Crippen LogP contribution in [0, 0.1) is 11.8 Å². The van der Waals surface area contributed by atoms with Crippen molar-refractivity contribution in [2.24, 2.45) is 11.8 Å². The van der Waals surface area contributed by atoms with Crippen LogP contribution in [0.5, 0.6) is 0 Å². The topological polar surface area (TPSA) is 185 Å². The average molecular weight is 346 g/mol. The van der Waals surface area contributed by atoms with Crippen molar-refractivity contribution in [2.45, 2.75) is 43.4 Å². The van der Waals surface area contributed by atoms with Gasteiger partial charge in [0.25, 0.3) is 0 Å². The predicted octanol–water partition coefficient (Wildman–Crippen LogP) is -3.37. The van der Waals surface area contributed by atoms with Crippen LogP contribution in [0.25, 0.3) is 0 Å². The summed E-state index contributed by atoms with van der Waals surface area (Å²) >= 11 is 0. The second-order valence-corrected chi connectivity index (χ2v) is 6.49. The summed E-state index contributed by atoms with van der Waals surface area (Å²) in [5.74, 6) is -1.23. The molecule has 11 heteroatoms. The van der Waals surface area contributed by atoms with E-state index in [1.54, 1.807) is 0 Å². The highest BCUT2D eigenvalue weighted by molar-refractivity contribution is 7.80. The lowest BCUT2D eigenvalue weighted by atomic mass is 9.88. The van der Waals surface area contributed by atoms with Gasteiger partial charge in [0.1, 0.15) is 12.2 Å². The highest BCUT2D eigenvalue weighted by Crippen LogP contribution is 2.36. The normalized spacial score (nSPS) is 33.6. The lowest BCUT2D eigenvalue weighted by molar-refractivity contribution is -0.0766. The molecule has 0 spiro atoms. The number of aliphatic hydroxyl groups is 6. The summed E-state index contributed by atoms with van der Waals surface area (Å²) < 4.78 is 33.8. The van der Waals surface area contributed by atoms with Crippen molar-refractivity contribution >= 4 is 10.4 Å². The van der Waals surface area contributed by atoms with Gasteiger partial charge in [0.05, 0.1) is 24.9 Å². The van der Waals surface area contributed by atoms with Gasteiger partial charge in [-0.25, -0.2) is 4.18 Å². The van der Waals surface area contributed by atoms with E-state index in [0.29, 0.717) is 0 Å². The largest absolute Gasteiger partial charge is 0.397 e. The molecule has 1 fully saturated rings. The van der Waals surface area contributed by atoms with Gasteiger partial charge in [-0.05, 0) is 18.8 Å². The summed E-state index contributed by atoms with van der Waals surface area (Å²) in [6, 6.07) is 0. The van der Waals surface area contributed by atoms with Crippen LogP contribution in [0.4, 0.5) is 0 Å². The van der Waals surface area contributed by atoms with Crippen LogP contribution in [-0.2, 0) is 14.6 Å². The molecule has 0 aromatic rings. The van der Waals surface area contributed by atoms with Crippen LogP contribution in [0.2, 0.25) is 0 Å². The van der Waals surface area contributed by atoms with E-state index in [1.165, 1.54) is 0 Å². The van der Waals surface area contributed by atoms with Crippen molar-refractivity contribution in [1.82, 2.24) is 0 Å². The first-order valence-corrected chi connectivity index (χ1v) is 8.06. The molecular formula is C11H22O10S. The molecule has 0 heterocycles. The molecule has 0 saturated heterocycles. The van der Waals surface area contributed by atoms with Gasteiger partial charge in [0.2, 0.25) is 0 Å². The summed E-state index contributed by atoms with van der Waals surface area (Å²) in [6.45, 7) is -1.41. The Hall–Kier alpha value is -0.370. The molecule has 0 aromatic heterocycles. The van der Waals surface area contributed by atoms with Gasteiger partial charge in [-0.2, -0.15) is 8.42 Å². The third-order valence-corrected chi connectivity index (χ3v) is 4.43. The second-order valence-electron chi connectivity index (χ2n) is 5.44. The molecule has 1 aliphatic rings. The van der Waals surface area contributed by atoms with Crippen LogP contribution in [0.3, 0.4) is 0 Å². The summed E-state index contributed by atoms with van der Waals surface area (Å²) in [4.78, 5) is 0. The predicted molar refractivity (Wildman–Crippen MR) is 70.8 cm³/mol. The molecule has 1 rings (SSSR count). The lowest BCUT2D eigenvalue weighted by Crippen LogP contribution is -2.43. The Balaban J connectivity index is 2.68. The zero-order valence-corrected chi connectivity index (χ0v) is 12.4. The highest BCUT2D eigenvalue weighted by Gasteiger charge is 2.43. The third kappa shape index (κ3) is 5.08. The van der Waals surface area contributed by atoms with Crippen LogP contribution < -0.4 is 0 Å². The molecule has 132 valence electrons. The Kier molecular flexibility index (Phi) is 7.11.